The van der Waals surface area contributed by atoms with Crippen LogP contribution in [0.2, 0.25) is 0 Å². The molecule has 0 aromatic carbocycles. The van der Waals surface area contributed by atoms with E-state index in [-0.39, 0.29) is 21.7 Å². The number of hydrogen-bond acceptors (Lipinski definition) is 1. The maximum absolute atomic E-state index is 9.33. The topological polar surface area (TPSA) is 17.1 Å². The van der Waals surface area contributed by atoms with Crippen LogP contribution in [0.15, 0.2) is 0 Å². The molecule has 0 bridgehead atoms. The van der Waals surface area contributed by atoms with Gasteiger partial charge in [0.15, 0.2) is 0 Å². The van der Waals surface area contributed by atoms with Crippen molar-refractivity contribution in [2.45, 2.75) is 6.92 Å². The van der Waals surface area contributed by atoms with Crippen molar-refractivity contribution in [3.63, 3.8) is 0 Å². The van der Waals surface area contributed by atoms with E-state index in [4.69, 9.17) is 19.1 Å². The summed E-state index contributed by atoms with van der Waals surface area (Å²) in [6.07, 6.45) is 0. The van der Waals surface area contributed by atoms with Gasteiger partial charge in [-0.2, -0.15) is 0 Å². The van der Waals surface area contributed by atoms with Crippen LogP contribution in [0, 0.1) is 6.92 Å². The van der Waals surface area contributed by atoms with Crippen LogP contribution in [0.5, 0.6) is 0 Å². The third-order valence-electron chi connectivity index (χ3n) is 0. The minimum absolute atomic E-state index is 0.0833. The second-order valence-corrected chi connectivity index (χ2v) is 3.11. The number of rotatable bonds is 0. The van der Waals surface area contributed by atoms with Gasteiger partial charge in [0.2, 0.25) is 0 Å². The molecule has 7 heavy (non-hydrogen) atoms. The van der Waals surface area contributed by atoms with Crippen LogP contribution in [0.1, 0.15) is 6.92 Å². The average Bonchev–Trinajstić information content (AvgIpc) is 1.33. The predicted octanol–water partition coefficient (Wildman–Crippen LogP) is 1.79. The van der Waals surface area contributed by atoms with Crippen molar-refractivity contribution in [3.8, 4) is 0 Å². The van der Waals surface area contributed by atoms with Crippen molar-refractivity contribution >= 4 is 24.8 Å². The Labute approximate surface area is 59.5 Å². The summed E-state index contributed by atoms with van der Waals surface area (Å²) in [6, 6.07) is 0. The Kier molecular flexibility index (Phi) is 15.2. The number of ketones is 1. The fourth-order valence-electron chi connectivity index (χ4n) is 0. The van der Waals surface area contributed by atoms with Crippen LogP contribution in [0.3, 0.4) is 0 Å². The Morgan fingerprint density at radius 2 is 1.71 bits per heavy atom. The SMILES string of the molecule is [CH2-]C(C)=O.[Cl][Pd][Cl]. The van der Waals surface area contributed by atoms with Crippen LogP contribution in [0.4, 0.5) is 0 Å². The summed E-state index contributed by atoms with van der Waals surface area (Å²) in [5.74, 6) is -0.0833. The molecule has 0 amide bonds. The zero-order chi connectivity index (χ0) is 6.28. The Balaban J connectivity index is 0. The van der Waals surface area contributed by atoms with Crippen LogP contribution in [0.25, 0.3) is 0 Å². The molecular formula is C3H5Cl2OPd-. The first-order chi connectivity index (χ1) is 3.15. The molecule has 0 aliphatic carbocycles. The standard InChI is InChI=1S/C3H5O.2ClH.Pd/c1-3(2)4;;;/h1H2,2H3;2*1H;/q-1;;;+2/p-2. The second kappa shape index (κ2) is 9.92. The van der Waals surface area contributed by atoms with Gasteiger partial charge in [0.1, 0.15) is 0 Å². The van der Waals surface area contributed by atoms with Crippen molar-refractivity contribution in [3.05, 3.63) is 6.92 Å². The minimum atomic E-state index is -0.106. The van der Waals surface area contributed by atoms with Gasteiger partial charge in [-0.1, -0.05) is 0 Å². The fraction of sp³-hybridized carbons (Fsp3) is 0.333. The van der Waals surface area contributed by atoms with Crippen molar-refractivity contribution in [1.29, 1.82) is 0 Å². The fourth-order valence-corrected chi connectivity index (χ4v) is 0. The van der Waals surface area contributed by atoms with Crippen molar-refractivity contribution in [2.24, 2.45) is 0 Å². The summed E-state index contributed by atoms with van der Waals surface area (Å²) >= 11 is -0.106. The molecule has 0 atom stereocenters. The quantitative estimate of drug-likeness (QED) is 0.461. The van der Waals surface area contributed by atoms with Gasteiger partial charge >= 0.3 is 35.0 Å². The first-order valence-corrected chi connectivity index (χ1v) is 5.30. The van der Waals surface area contributed by atoms with E-state index in [0.29, 0.717) is 0 Å². The molecule has 0 aromatic heterocycles. The van der Waals surface area contributed by atoms with E-state index in [9.17, 15) is 4.79 Å². The molecule has 0 aliphatic heterocycles. The van der Waals surface area contributed by atoms with E-state index >= 15 is 0 Å². The molecule has 0 saturated carbocycles. The number of carbonyl (C=O) groups excluding carboxylic acids is 1. The van der Waals surface area contributed by atoms with Gasteiger partial charge in [-0.15, -0.1) is 0 Å². The zero-order valence-corrected chi connectivity index (χ0v) is 6.75. The van der Waals surface area contributed by atoms with E-state index in [1.807, 2.05) is 0 Å². The van der Waals surface area contributed by atoms with E-state index in [0.717, 1.165) is 0 Å². The molecule has 0 unspecified atom stereocenters. The molecule has 0 fully saturated rings. The predicted molar refractivity (Wildman–Crippen MR) is 27.7 cm³/mol. The van der Waals surface area contributed by atoms with Gasteiger partial charge in [0, 0.05) is 0 Å². The van der Waals surface area contributed by atoms with Gasteiger partial charge in [0.25, 0.3) is 0 Å². The first-order valence-electron chi connectivity index (χ1n) is 1.30. The van der Waals surface area contributed by atoms with E-state index in [1.165, 1.54) is 6.92 Å². The summed E-state index contributed by atoms with van der Waals surface area (Å²) < 4.78 is 0. The maximum atomic E-state index is 9.33. The summed E-state index contributed by atoms with van der Waals surface area (Å²) in [7, 11) is 9.63. The number of halogens is 2. The normalized spacial score (nSPS) is 6.71. The third-order valence-corrected chi connectivity index (χ3v) is 0. The molecule has 4 heteroatoms. The molecule has 0 saturated heterocycles. The molecule has 48 valence electrons. The van der Waals surface area contributed by atoms with Gasteiger partial charge in [-0.25, -0.2) is 0 Å². The monoisotopic (exact) mass is 233 g/mol. The molecule has 0 rings (SSSR count). The molecule has 0 aromatic rings. The summed E-state index contributed by atoms with van der Waals surface area (Å²) in [5, 5.41) is 0. The summed E-state index contributed by atoms with van der Waals surface area (Å²) in [4.78, 5) is 9.33. The third kappa shape index (κ3) is 253. The van der Waals surface area contributed by atoms with E-state index < -0.39 is 0 Å². The van der Waals surface area contributed by atoms with Crippen molar-refractivity contribution in [2.75, 3.05) is 0 Å². The average molecular weight is 234 g/mol. The first kappa shape index (κ1) is 10.7. The van der Waals surface area contributed by atoms with Crippen LogP contribution >= 0.6 is 19.1 Å². The molecule has 1 nitrogen and oxygen atoms in total. The molecule has 0 heterocycles. The van der Waals surface area contributed by atoms with Crippen LogP contribution in [-0.4, -0.2) is 5.78 Å². The number of carbonyl (C=O) groups is 1. The number of hydrogen-bond donors (Lipinski definition) is 0. The van der Waals surface area contributed by atoms with Gasteiger partial charge in [-0.05, 0) is 12.7 Å². The molecule has 0 radical (unpaired) electrons. The molecule has 0 spiro atoms. The summed E-state index contributed by atoms with van der Waals surface area (Å²) in [5.41, 5.74) is 0. The van der Waals surface area contributed by atoms with Crippen molar-refractivity contribution < 1.29 is 20.7 Å². The van der Waals surface area contributed by atoms with Crippen LogP contribution in [-0.2, 0) is 20.7 Å². The Morgan fingerprint density at radius 1 is 1.71 bits per heavy atom. The Hall–Kier alpha value is 0.782. The van der Waals surface area contributed by atoms with E-state index in [2.05, 4.69) is 6.92 Å². The summed E-state index contributed by atoms with van der Waals surface area (Å²) in [6.45, 7) is 4.42. The van der Waals surface area contributed by atoms with Gasteiger partial charge in [0.05, 0.1) is 0 Å². The van der Waals surface area contributed by atoms with Gasteiger partial charge in [-0.3, -0.25) is 0 Å². The van der Waals surface area contributed by atoms with Crippen LogP contribution < -0.4 is 0 Å². The van der Waals surface area contributed by atoms with Crippen molar-refractivity contribution in [1.82, 2.24) is 0 Å². The number of Topliss-reactive ketones (excluding diaryl/α,β-unsaturated/α-hetero) is 1. The Morgan fingerprint density at radius 3 is 1.71 bits per heavy atom. The molecule has 0 aliphatic rings. The zero-order valence-electron chi connectivity index (χ0n) is 3.69. The van der Waals surface area contributed by atoms with Gasteiger partial charge < -0.3 is 11.7 Å². The Bertz CT molecular complexity index is 44.2. The van der Waals surface area contributed by atoms with E-state index in [1.54, 1.807) is 0 Å². The molecule has 0 N–H and O–H groups in total. The second-order valence-electron chi connectivity index (χ2n) is 0.747. The molecular weight excluding hydrogens is 229 g/mol.